The van der Waals surface area contributed by atoms with Crippen molar-refractivity contribution in [3.8, 4) is 0 Å². The van der Waals surface area contributed by atoms with E-state index < -0.39 is 17.8 Å². The highest BCUT2D eigenvalue weighted by atomic mass is 32.2. The first-order valence-corrected chi connectivity index (χ1v) is 11.5. The predicted molar refractivity (Wildman–Crippen MR) is 131 cm³/mol. The van der Waals surface area contributed by atoms with Crippen molar-refractivity contribution in [2.45, 2.75) is 43.1 Å². The number of benzene rings is 2. The number of methoxy groups -OCH3 is 2. The number of nitrogens with zero attached hydrogens (tertiary/aromatic N) is 1. The van der Waals surface area contributed by atoms with E-state index in [0.717, 1.165) is 27.7 Å². The molecule has 1 heterocycles. The largest absolute Gasteiger partial charge is 0.453 e. The van der Waals surface area contributed by atoms with Gasteiger partial charge in [-0.25, -0.2) is 14.5 Å². The second kappa shape index (κ2) is 10.4. The van der Waals surface area contributed by atoms with Crippen LogP contribution in [-0.2, 0) is 14.2 Å². The molecule has 0 fully saturated rings. The van der Waals surface area contributed by atoms with E-state index in [1.165, 1.54) is 18.9 Å². The lowest BCUT2D eigenvalue weighted by atomic mass is 10.1. The minimum Gasteiger partial charge on any atom is -0.453 e. The number of rotatable bonds is 6. The van der Waals surface area contributed by atoms with E-state index in [2.05, 4.69) is 22.3 Å². The molecule has 2 amide bonds. The predicted octanol–water partition coefficient (Wildman–Crippen LogP) is 6.10. The van der Waals surface area contributed by atoms with Crippen molar-refractivity contribution in [1.82, 2.24) is 0 Å². The number of amides is 2. The molecule has 0 aliphatic carbocycles. The molecule has 3 rings (SSSR count). The molecule has 1 aliphatic rings. The minimum atomic E-state index is -0.645. The van der Waals surface area contributed by atoms with Crippen LogP contribution in [0.25, 0.3) is 0 Å². The number of anilines is 4. The molecule has 1 unspecified atom stereocenters. The molecule has 0 saturated heterocycles. The maximum Gasteiger partial charge on any atom is 0.419 e. The molecule has 9 heteroatoms. The molecule has 2 aromatic rings. The number of ether oxygens (including phenoxy) is 3. The van der Waals surface area contributed by atoms with E-state index in [1.807, 2.05) is 45.0 Å². The summed E-state index contributed by atoms with van der Waals surface area (Å²) in [7, 11) is 3.00. The van der Waals surface area contributed by atoms with Crippen molar-refractivity contribution < 1.29 is 23.8 Å². The summed E-state index contributed by atoms with van der Waals surface area (Å²) in [5.74, 6) is 0.352. The zero-order chi connectivity index (χ0) is 24.2. The van der Waals surface area contributed by atoms with Crippen molar-refractivity contribution in [1.29, 1.82) is 0 Å². The van der Waals surface area contributed by atoms with Crippen molar-refractivity contribution >= 4 is 46.7 Å². The number of carbonyl (C=O) groups excluding carboxylic acids is 2. The summed E-state index contributed by atoms with van der Waals surface area (Å²) in [6, 6.07) is 11.2. The monoisotopic (exact) mass is 473 g/mol. The molecule has 1 atom stereocenters. The van der Waals surface area contributed by atoms with Crippen LogP contribution < -0.4 is 15.5 Å². The highest BCUT2D eigenvalue weighted by Crippen LogP contribution is 2.50. The molecule has 0 bridgehead atoms. The Morgan fingerprint density at radius 3 is 2.21 bits per heavy atom. The van der Waals surface area contributed by atoms with Gasteiger partial charge in [-0.2, -0.15) is 0 Å². The van der Waals surface area contributed by atoms with Crippen LogP contribution in [0.2, 0.25) is 0 Å². The van der Waals surface area contributed by atoms with Gasteiger partial charge in [-0.1, -0.05) is 18.7 Å². The number of carbonyl (C=O) groups is 2. The van der Waals surface area contributed by atoms with E-state index in [1.54, 1.807) is 24.1 Å². The van der Waals surface area contributed by atoms with Gasteiger partial charge in [0.1, 0.15) is 5.60 Å². The minimum absolute atomic E-state index is 0.352. The van der Waals surface area contributed by atoms with Gasteiger partial charge < -0.3 is 19.5 Å². The van der Waals surface area contributed by atoms with E-state index in [9.17, 15) is 9.59 Å². The molecule has 0 aromatic heterocycles. The summed E-state index contributed by atoms with van der Waals surface area (Å²) >= 11 is 1.52. The van der Waals surface area contributed by atoms with Gasteiger partial charge in [0.05, 0.1) is 25.1 Å². The maximum atomic E-state index is 13.2. The summed E-state index contributed by atoms with van der Waals surface area (Å²) in [4.78, 5) is 28.1. The zero-order valence-electron chi connectivity index (χ0n) is 19.9. The summed E-state index contributed by atoms with van der Waals surface area (Å²) in [6.07, 6.45) is -1.02. The number of hydrogen-bond donors (Lipinski definition) is 2. The fraction of sp³-hybridized carbons (Fsp3) is 0.417. The maximum absolute atomic E-state index is 13.2. The fourth-order valence-electron chi connectivity index (χ4n) is 3.31. The van der Waals surface area contributed by atoms with Crippen molar-refractivity contribution in [2.75, 3.05) is 42.9 Å². The molecule has 0 spiro atoms. The van der Waals surface area contributed by atoms with Gasteiger partial charge in [0.2, 0.25) is 0 Å². The molecular formula is C24H31N3O5S. The third kappa shape index (κ3) is 6.33. The highest BCUT2D eigenvalue weighted by molar-refractivity contribution is 7.99. The van der Waals surface area contributed by atoms with Crippen LogP contribution >= 0.6 is 11.8 Å². The Labute approximate surface area is 199 Å². The number of nitrogens with one attached hydrogen (secondary N) is 2. The van der Waals surface area contributed by atoms with Crippen molar-refractivity contribution in [2.24, 2.45) is 5.92 Å². The summed E-state index contributed by atoms with van der Waals surface area (Å²) < 4.78 is 15.6. The van der Waals surface area contributed by atoms with Gasteiger partial charge in [-0.15, -0.1) is 0 Å². The van der Waals surface area contributed by atoms with E-state index in [0.29, 0.717) is 23.9 Å². The van der Waals surface area contributed by atoms with E-state index in [4.69, 9.17) is 9.47 Å². The van der Waals surface area contributed by atoms with Crippen molar-refractivity contribution in [3.05, 3.63) is 36.4 Å². The third-order valence-corrected chi connectivity index (χ3v) is 5.83. The number of hydrogen-bond acceptors (Lipinski definition) is 7. The number of fused-ring (bicyclic) bond motifs is 2. The molecule has 1 aliphatic heterocycles. The van der Waals surface area contributed by atoms with E-state index >= 15 is 0 Å². The molecule has 33 heavy (non-hydrogen) atoms. The lowest BCUT2D eigenvalue weighted by molar-refractivity contribution is 0.0597. The van der Waals surface area contributed by atoms with E-state index in [-0.39, 0.29) is 0 Å². The van der Waals surface area contributed by atoms with Crippen LogP contribution in [0.1, 0.15) is 27.7 Å². The fourth-order valence-corrected chi connectivity index (χ4v) is 4.44. The Morgan fingerprint density at radius 1 is 1.03 bits per heavy atom. The highest BCUT2D eigenvalue weighted by Gasteiger charge is 2.32. The van der Waals surface area contributed by atoms with Crippen LogP contribution in [0.3, 0.4) is 0 Å². The van der Waals surface area contributed by atoms with Crippen molar-refractivity contribution in [3.63, 3.8) is 0 Å². The first kappa shape index (κ1) is 24.7. The molecule has 0 radical (unpaired) electrons. The normalized spacial score (nSPS) is 13.5. The first-order chi connectivity index (χ1) is 15.6. The average Bonchev–Trinajstić information content (AvgIpc) is 2.74. The van der Waals surface area contributed by atoms with Crippen LogP contribution in [0.5, 0.6) is 0 Å². The molecule has 0 saturated carbocycles. The Balaban J connectivity index is 1.96. The zero-order valence-corrected chi connectivity index (χ0v) is 20.7. The van der Waals surface area contributed by atoms with Gasteiger partial charge in [-0.05, 0) is 63.1 Å². The molecular weight excluding hydrogens is 442 g/mol. The smallest absolute Gasteiger partial charge is 0.419 e. The lowest BCUT2D eigenvalue weighted by Crippen LogP contribution is -2.35. The van der Waals surface area contributed by atoms with Crippen LogP contribution in [-0.4, -0.2) is 45.2 Å². The molecule has 2 N–H and O–H groups in total. The lowest BCUT2D eigenvalue weighted by Gasteiger charge is -2.33. The Hall–Kier alpha value is -2.91. The molecule has 2 aromatic carbocycles. The molecule has 8 nitrogen and oxygen atoms in total. The Morgan fingerprint density at radius 2 is 1.64 bits per heavy atom. The summed E-state index contributed by atoms with van der Waals surface area (Å²) in [5, 5.41) is 6.10. The van der Waals surface area contributed by atoms with Gasteiger partial charge in [0.25, 0.3) is 0 Å². The Kier molecular flexibility index (Phi) is 7.76. The Bertz CT molecular complexity index is 1020. The third-order valence-electron chi connectivity index (χ3n) is 4.74. The topological polar surface area (TPSA) is 89.1 Å². The van der Waals surface area contributed by atoms with Crippen LogP contribution in [0, 0.1) is 5.92 Å². The SMILES string of the molecule is COCC(C)CNc1ccc2c(c1)Sc1cc(NC(=O)OC)ccc1N2C(=O)OC(C)(C)C. The second-order valence-electron chi connectivity index (χ2n) is 8.84. The quantitative estimate of drug-likeness (QED) is 0.524. The standard InChI is InChI=1S/C24H31N3O5S/c1-15(14-30-5)13-25-16-7-9-18-20(11-16)33-21-12-17(26-22(28)31-6)8-10-19(21)27(18)23(29)32-24(2,3)4/h7-12,15,25H,13-14H2,1-6H3,(H,26,28). The molecule has 178 valence electrons. The van der Waals surface area contributed by atoms with Gasteiger partial charge >= 0.3 is 12.2 Å². The van der Waals surface area contributed by atoms with Crippen LogP contribution in [0.15, 0.2) is 46.2 Å². The second-order valence-corrected chi connectivity index (χ2v) is 9.92. The van der Waals surface area contributed by atoms with Gasteiger partial charge in [0.15, 0.2) is 0 Å². The van der Waals surface area contributed by atoms with Crippen LogP contribution in [0.4, 0.5) is 32.3 Å². The average molecular weight is 474 g/mol. The first-order valence-electron chi connectivity index (χ1n) is 10.7. The van der Waals surface area contributed by atoms with Gasteiger partial charge in [0, 0.05) is 34.8 Å². The summed E-state index contributed by atoms with van der Waals surface area (Å²) in [5.41, 5.74) is 2.30. The summed E-state index contributed by atoms with van der Waals surface area (Å²) in [6.45, 7) is 9.05. The van der Waals surface area contributed by atoms with Gasteiger partial charge in [-0.3, -0.25) is 5.32 Å².